The summed E-state index contributed by atoms with van der Waals surface area (Å²) in [5.41, 5.74) is 0.968. The average molecular weight is 386 g/mol. The quantitative estimate of drug-likeness (QED) is 0.714. The van der Waals surface area contributed by atoms with Gasteiger partial charge in [0, 0.05) is 13.0 Å². The number of nitrogens with zero attached hydrogens (tertiary/aromatic N) is 1. The van der Waals surface area contributed by atoms with Crippen molar-refractivity contribution in [2.45, 2.75) is 38.1 Å². The van der Waals surface area contributed by atoms with Gasteiger partial charge in [0.05, 0.1) is 26.5 Å². The lowest BCUT2D eigenvalue weighted by atomic mass is 10.1. The van der Waals surface area contributed by atoms with Crippen molar-refractivity contribution in [3.8, 4) is 11.5 Å². The Morgan fingerprint density at radius 1 is 1.18 bits per heavy atom. The molecule has 2 aromatic rings. The molecule has 152 valence electrons. The lowest BCUT2D eigenvalue weighted by Crippen LogP contribution is -2.40. The van der Waals surface area contributed by atoms with Crippen molar-refractivity contribution in [3.63, 3.8) is 0 Å². The van der Waals surface area contributed by atoms with Gasteiger partial charge in [-0.3, -0.25) is 9.69 Å². The molecule has 0 saturated carbocycles. The Bertz CT molecular complexity index is 739. The number of hydrogen-bond donors (Lipinski definition) is 1. The van der Waals surface area contributed by atoms with E-state index in [0.29, 0.717) is 19.4 Å². The van der Waals surface area contributed by atoms with E-state index in [1.165, 1.54) is 19.3 Å². The molecule has 0 radical (unpaired) electrons. The summed E-state index contributed by atoms with van der Waals surface area (Å²) in [6, 6.07) is 9.64. The van der Waals surface area contributed by atoms with Crippen LogP contribution in [0.4, 0.5) is 0 Å². The number of amides is 1. The number of piperidine rings is 1. The van der Waals surface area contributed by atoms with Crippen LogP contribution in [0.15, 0.2) is 41.0 Å². The molecule has 1 N–H and O–H groups in total. The van der Waals surface area contributed by atoms with Crippen molar-refractivity contribution in [3.05, 3.63) is 47.9 Å². The Balaban J connectivity index is 1.56. The SMILES string of the molecule is COc1ccc(OC)c(CCC(=O)NCC(c2ccco2)N2CCCCC2)c1. The van der Waals surface area contributed by atoms with E-state index in [9.17, 15) is 4.79 Å². The van der Waals surface area contributed by atoms with Gasteiger partial charge in [0.25, 0.3) is 0 Å². The summed E-state index contributed by atoms with van der Waals surface area (Å²) in [6.45, 7) is 2.64. The largest absolute Gasteiger partial charge is 0.497 e. The predicted molar refractivity (Wildman–Crippen MR) is 108 cm³/mol. The van der Waals surface area contributed by atoms with Gasteiger partial charge in [0.2, 0.25) is 5.91 Å². The minimum absolute atomic E-state index is 0.0263. The second-order valence-electron chi connectivity index (χ2n) is 7.11. The maximum absolute atomic E-state index is 12.5. The molecule has 6 heteroatoms. The number of benzene rings is 1. The number of hydrogen-bond acceptors (Lipinski definition) is 5. The van der Waals surface area contributed by atoms with Crippen molar-refractivity contribution in [1.29, 1.82) is 0 Å². The second kappa shape index (κ2) is 10.2. The minimum atomic E-state index is 0.0263. The van der Waals surface area contributed by atoms with Crippen molar-refractivity contribution >= 4 is 5.91 Å². The first-order chi connectivity index (χ1) is 13.7. The van der Waals surface area contributed by atoms with Crippen molar-refractivity contribution in [2.24, 2.45) is 0 Å². The summed E-state index contributed by atoms with van der Waals surface area (Å²) in [5.74, 6) is 2.48. The van der Waals surface area contributed by atoms with Gasteiger partial charge in [0.15, 0.2) is 0 Å². The van der Waals surface area contributed by atoms with E-state index < -0.39 is 0 Å². The highest BCUT2D eigenvalue weighted by Crippen LogP contribution is 2.26. The first kappa shape index (κ1) is 20.3. The molecule has 1 aliphatic heterocycles. The highest BCUT2D eigenvalue weighted by molar-refractivity contribution is 5.76. The number of likely N-dealkylation sites (tertiary alicyclic amines) is 1. The summed E-state index contributed by atoms with van der Waals surface area (Å²) in [7, 11) is 3.27. The fraction of sp³-hybridized carbons (Fsp3) is 0.500. The van der Waals surface area contributed by atoms with Gasteiger partial charge in [-0.15, -0.1) is 0 Å². The molecule has 1 aromatic heterocycles. The Labute approximate surface area is 166 Å². The molecule has 1 aliphatic rings. The molecule has 1 amide bonds. The average Bonchev–Trinajstić information content (AvgIpc) is 3.27. The van der Waals surface area contributed by atoms with Gasteiger partial charge in [-0.1, -0.05) is 6.42 Å². The van der Waals surface area contributed by atoms with Crippen LogP contribution < -0.4 is 14.8 Å². The number of nitrogens with one attached hydrogen (secondary N) is 1. The predicted octanol–water partition coefficient (Wildman–Crippen LogP) is 3.57. The van der Waals surface area contributed by atoms with Crippen molar-refractivity contribution in [1.82, 2.24) is 10.2 Å². The van der Waals surface area contributed by atoms with E-state index in [1.54, 1.807) is 20.5 Å². The molecule has 0 bridgehead atoms. The van der Waals surface area contributed by atoms with Gasteiger partial charge in [0.1, 0.15) is 17.3 Å². The molecule has 1 atom stereocenters. The summed E-state index contributed by atoms with van der Waals surface area (Å²) in [5, 5.41) is 3.09. The van der Waals surface area contributed by atoms with Gasteiger partial charge in [-0.2, -0.15) is 0 Å². The summed E-state index contributed by atoms with van der Waals surface area (Å²) >= 11 is 0. The van der Waals surface area contributed by atoms with Crippen LogP contribution in [0.25, 0.3) is 0 Å². The highest BCUT2D eigenvalue weighted by Gasteiger charge is 2.24. The van der Waals surface area contributed by atoms with Crippen LogP contribution in [-0.4, -0.2) is 44.7 Å². The maximum atomic E-state index is 12.5. The van der Waals surface area contributed by atoms with Crippen LogP contribution in [0.1, 0.15) is 43.0 Å². The third-order valence-electron chi connectivity index (χ3n) is 5.30. The zero-order chi connectivity index (χ0) is 19.8. The number of methoxy groups -OCH3 is 2. The fourth-order valence-electron chi connectivity index (χ4n) is 3.74. The maximum Gasteiger partial charge on any atom is 0.220 e. The van der Waals surface area contributed by atoms with Gasteiger partial charge < -0.3 is 19.2 Å². The number of rotatable bonds is 9. The normalized spacial score (nSPS) is 15.8. The monoisotopic (exact) mass is 386 g/mol. The standard InChI is InChI=1S/C22H30N2O4/c1-26-18-9-10-20(27-2)17(15-18)8-11-22(25)23-16-19(21-7-6-14-28-21)24-12-4-3-5-13-24/h6-7,9-10,14-15,19H,3-5,8,11-13,16H2,1-2H3,(H,23,25). The smallest absolute Gasteiger partial charge is 0.220 e. The summed E-state index contributed by atoms with van der Waals surface area (Å²) in [4.78, 5) is 14.9. The lowest BCUT2D eigenvalue weighted by molar-refractivity contribution is -0.121. The third-order valence-corrected chi connectivity index (χ3v) is 5.30. The van der Waals surface area contributed by atoms with Crippen LogP contribution in [0.2, 0.25) is 0 Å². The highest BCUT2D eigenvalue weighted by atomic mass is 16.5. The van der Waals surface area contributed by atoms with Crippen LogP contribution in [-0.2, 0) is 11.2 Å². The molecular weight excluding hydrogens is 356 g/mol. The van der Waals surface area contributed by atoms with E-state index in [-0.39, 0.29) is 11.9 Å². The molecule has 2 heterocycles. The number of furan rings is 1. The number of carbonyl (C=O) groups is 1. The molecule has 3 rings (SSSR count). The van der Waals surface area contributed by atoms with E-state index in [4.69, 9.17) is 13.9 Å². The Kier molecular flexibility index (Phi) is 7.37. The van der Waals surface area contributed by atoms with Gasteiger partial charge in [-0.05, 0) is 68.2 Å². The minimum Gasteiger partial charge on any atom is -0.497 e. The Hall–Kier alpha value is -2.47. The number of ether oxygens (including phenoxy) is 2. The third kappa shape index (κ3) is 5.29. The molecule has 28 heavy (non-hydrogen) atoms. The second-order valence-corrected chi connectivity index (χ2v) is 7.11. The van der Waals surface area contributed by atoms with Crippen LogP contribution in [0, 0.1) is 0 Å². The number of carbonyl (C=O) groups excluding carboxylic acids is 1. The van der Waals surface area contributed by atoms with E-state index in [0.717, 1.165) is 35.9 Å². The molecular formula is C22H30N2O4. The topological polar surface area (TPSA) is 63.9 Å². The molecule has 0 spiro atoms. The molecule has 1 aromatic carbocycles. The first-order valence-electron chi connectivity index (χ1n) is 9.96. The zero-order valence-electron chi connectivity index (χ0n) is 16.8. The molecule has 1 unspecified atom stereocenters. The van der Waals surface area contributed by atoms with Crippen LogP contribution in [0.5, 0.6) is 11.5 Å². The van der Waals surface area contributed by atoms with Crippen LogP contribution in [0.3, 0.4) is 0 Å². The van der Waals surface area contributed by atoms with Crippen molar-refractivity contribution < 1.29 is 18.7 Å². The van der Waals surface area contributed by atoms with Crippen molar-refractivity contribution in [2.75, 3.05) is 33.9 Å². The van der Waals surface area contributed by atoms with E-state index >= 15 is 0 Å². The summed E-state index contributed by atoms with van der Waals surface area (Å²) < 4.78 is 16.3. The first-order valence-corrected chi connectivity index (χ1v) is 9.96. The lowest BCUT2D eigenvalue weighted by Gasteiger charge is -2.33. The summed E-state index contributed by atoms with van der Waals surface area (Å²) in [6.07, 6.45) is 6.36. The van der Waals surface area contributed by atoms with Gasteiger partial charge >= 0.3 is 0 Å². The molecule has 0 aliphatic carbocycles. The fourth-order valence-corrected chi connectivity index (χ4v) is 3.74. The Morgan fingerprint density at radius 2 is 2.00 bits per heavy atom. The zero-order valence-corrected chi connectivity index (χ0v) is 16.8. The molecule has 1 saturated heterocycles. The molecule has 6 nitrogen and oxygen atoms in total. The van der Waals surface area contributed by atoms with E-state index in [2.05, 4.69) is 10.2 Å². The molecule has 1 fully saturated rings. The number of aryl methyl sites for hydroxylation is 1. The van der Waals surface area contributed by atoms with E-state index in [1.807, 2.05) is 30.3 Å². The van der Waals surface area contributed by atoms with Gasteiger partial charge in [-0.25, -0.2) is 0 Å². The Morgan fingerprint density at radius 3 is 2.68 bits per heavy atom. The van der Waals surface area contributed by atoms with Crippen LogP contribution >= 0.6 is 0 Å².